The first-order chi connectivity index (χ1) is 17.4. The van der Waals surface area contributed by atoms with Crippen LogP contribution in [0.3, 0.4) is 0 Å². The normalized spacial score (nSPS) is 19.3. The summed E-state index contributed by atoms with van der Waals surface area (Å²) < 4.78 is 35.8. The second-order valence-corrected chi connectivity index (χ2v) is 9.28. The van der Waals surface area contributed by atoms with Crippen LogP contribution in [-0.2, 0) is 6.42 Å². The minimum atomic E-state index is -0.612. The van der Waals surface area contributed by atoms with Crippen LogP contribution in [0.5, 0.6) is 11.8 Å². The van der Waals surface area contributed by atoms with Gasteiger partial charge in [-0.3, -0.25) is 4.99 Å². The molecule has 1 atom stereocenters. The van der Waals surface area contributed by atoms with Gasteiger partial charge in [-0.25, -0.2) is 8.78 Å². The summed E-state index contributed by atoms with van der Waals surface area (Å²) in [4.78, 5) is 15.7. The molecule has 0 saturated carbocycles. The van der Waals surface area contributed by atoms with E-state index in [4.69, 9.17) is 4.74 Å². The van der Waals surface area contributed by atoms with Crippen molar-refractivity contribution in [1.29, 1.82) is 0 Å². The smallest absolute Gasteiger partial charge is 0.326 e. The Bertz CT molecular complexity index is 1300. The molecule has 5 rings (SSSR count). The number of benzene rings is 1. The summed E-state index contributed by atoms with van der Waals surface area (Å²) in [6, 6.07) is 3.18. The Hall–Kier alpha value is -3.59. The van der Waals surface area contributed by atoms with Crippen LogP contribution in [0.2, 0.25) is 0 Å². The van der Waals surface area contributed by atoms with Crippen molar-refractivity contribution >= 4 is 23.5 Å². The number of fused-ring (bicyclic) bond motifs is 1. The molecule has 1 fully saturated rings. The number of aliphatic imine (C=N–C) groups is 1. The first-order valence-corrected chi connectivity index (χ1v) is 12.3. The molecule has 2 aliphatic heterocycles. The van der Waals surface area contributed by atoms with Gasteiger partial charge in [-0.05, 0) is 38.3 Å². The first-order valence-electron chi connectivity index (χ1n) is 12.3. The molecule has 9 heteroatoms. The lowest BCUT2D eigenvalue weighted by Crippen LogP contribution is -2.50. The Balaban J connectivity index is 1.48. The van der Waals surface area contributed by atoms with E-state index in [9.17, 15) is 4.39 Å². The van der Waals surface area contributed by atoms with E-state index in [-0.39, 0.29) is 17.3 Å². The zero-order chi connectivity index (χ0) is 25.2. The van der Waals surface area contributed by atoms with Crippen molar-refractivity contribution in [3.63, 3.8) is 0 Å². The zero-order valence-electron chi connectivity index (χ0n) is 20.7. The molecule has 0 spiro atoms. The lowest BCUT2D eigenvalue weighted by molar-refractivity contribution is 0.403. The third kappa shape index (κ3) is 5.02. The Labute approximate surface area is 209 Å². The molecule has 1 saturated heterocycles. The van der Waals surface area contributed by atoms with Crippen molar-refractivity contribution in [3.05, 3.63) is 64.3 Å². The predicted octanol–water partition coefficient (Wildman–Crippen LogP) is 5.02. The summed E-state index contributed by atoms with van der Waals surface area (Å²) in [5, 5.41) is 6.71. The minimum absolute atomic E-state index is 0.0604. The van der Waals surface area contributed by atoms with Crippen LogP contribution in [0, 0.1) is 11.6 Å². The Morgan fingerprint density at radius 2 is 2.11 bits per heavy atom. The SMILES string of the molecule is C/C=C/C1=CC(Nc2cc(N3CCNC(CC)C3)nc(Oc3cc(F)c4c(c3F)C=C(C)C4)n2)=NC1. The molecule has 2 aromatic rings. The predicted molar refractivity (Wildman–Crippen MR) is 139 cm³/mol. The molecule has 36 heavy (non-hydrogen) atoms. The number of aromatic nitrogens is 2. The van der Waals surface area contributed by atoms with Crippen LogP contribution in [0.4, 0.5) is 20.4 Å². The van der Waals surface area contributed by atoms with Crippen molar-refractivity contribution in [2.75, 3.05) is 36.4 Å². The fourth-order valence-electron chi connectivity index (χ4n) is 4.70. The van der Waals surface area contributed by atoms with Gasteiger partial charge in [0.25, 0.3) is 0 Å². The number of piperazine rings is 1. The number of halogens is 2. The monoisotopic (exact) mass is 492 g/mol. The topological polar surface area (TPSA) is 74.7 Å². The van der Waals surface area contributed by atoms with Crippen LogP contribution >= 0.6 is 0 Å². The fraction of sp³-hybridized carbons (Fsp3) is 0.370. The third-order valence-electron chi connectivity index (χ3n) is 6.53. The number of nitrogens with one attached hydrogen (secondary N) is 2. The molecular formula is C27H30F2N6O. The van der Waals surface area contributed by atoms with Crippen LogP contribution in [0.15, 0.2) is 46.5 Å². The summed E-state index contributed by atoms with van der Waals surface area (Å²) in [5.41, 5.74) is 2.56. The molecule has 1 aromatic heterocycles. The van der Waals surface area contributed by atoms with Crippen LogP contribution < -0.4 is 20.3 Å². The Morgan fingerprint density at radius 1 is 1.25 bits per heavy atom. The second-order valence-electron chi connectivity index (χ2n) is 9.28. The van der Waals surface area contributed by atoms with E-state index < -0.39 is 11.6 Å². The molecule has 1 aromatic carbocycles. The van der Waals surface area contributed by atoms with Gasteiger partial charge in [0.15, 0.2) is 11.6 Å². The van der Waals surface area contributed by atoms with Gasteiger partial charge in [0.2, 0.25) is 0 Å². The number of ether oxygens (including phenoxy) is 1. The van der Waals surface area contributed by atoms with Crippen LogP contribution in [0.1, 0.15) is 38.3 Å². The van der Waals surface area contributed by atoms with Gasteiger partial charge in [-0.15, -0.1) is 0 Å². The number of rotatable bonds is 6. The van der Waals surface area contributed by atoms with Crippen molar-refractivity contribution < 1.29 is 13.5 Å². The van der Waals surface area contributed by atoms with Crippen molar-refractivity contribution in [3.8, 4) is 11.8 Å². The Morgan fingerprint density at radius 3 is 2.92 bits per heavy atom. The highest BCUT2D eigenvalue weighted by Crippen LogP contribution is 2.36. The summed E-state index contributed by atoms with van der Waals surface area (Å²) in [5.74, 6) is 0.437. The number of anilines is 2. The molecule has 2 N–H and O–H groups in total. The van der Waals surface area contributed by atoms with E-state index in [0.717, 1.165) is 43.3 Å². The fourth-order valence-corrected chi connectivity index (χ4v) is 4.70. The summed E-state index contributed by atoms with van der Waals surface area (Å²) in [6.45, 7) is 8.87. The number of hydrogen-bond donors (Lipinski definition) is 2. The quantitative estimate of drug-likeness (QED) is 0.590. The molecule has 3 aliphatic rings. The van der Waals surface area contributed by atoms with E-state index in [0.29, 0.717) is 42.0 Å². The molecule has 1 aliphatic carbocycles. The summed E-state index contributed by atoms with van der Waals surface area (Å²) in [6.07, 6.45) is 8.95. The number of hydrogen-bond acceptors (Lipinski definition) is 7. The van der Waals surface area contributed by atoms with Gasteiger partial charge in [0, 0.05) is 48.9 Å². The lowest BCUT2D eigenvalue weighted by atomic mass is 10.1. The molecule has 0 amide bonds. The van der Waals surface area contributed by atoms with E-state index in [2.05, 4.69) is 37.4 Å². The van der Waals surface area contributed by atoms with Crippen molar-refractivity contribution in [2.45, 2.75) is 39.7 Å². The number of amidine groups is 1. The third-order valence-corrected chi connectivity index (χ3v) is 6.53. The van der Waals surface area contributed by atoms with Crippen LogP contribution in [0.25, 0.3) is 6.08 Å². The van der Waals surface area contributed by atoms with Gasteiger partial charge in [0.1, 0.15) is 23.3 Å². The van der Waals surface area contributed by atoms with Gasteiger partial charge < -0.3 is 20.3 Å². The highest BCUT2D eigenvalue weighted by molar-refractivity contribution is 6.05. The Kier molecular flexibility index (Phi) is 6.82. The molecule has 7 nitrogen and oxygen atoms in total. The highest BCUT2D eigenvalue weighted by Gasteiger charge is 2.25. The standard InChI is InChI=1S/C27H30F2N6O/c1-4-6-17-11-23(31-14-17)32-24-13-25(35-8-7-30-18(5-2)15-35)34-27(33-24)36-22-12-21(28)19-9-16(3)10-20(19)26(22)29/h4,6,10-13,18,30H,5,7-9,14-15H2,1-3H3,(H,31,32,33,34)/b6-4+. The minimum Gasteiger partial charge on any atom is -0.421 e. The van der Waals surface area contributed by atoms with Crippen molar-refractivity contribution in [1.82, 2.24) is 15.3 Å². The largest absolute Gasteiger partial charge is 0.421 e. The molecule has 3 heterocycles. The average Bonchev–Trinajstić information content (AvgIpc) is 3.49. The second kappa shape index (κ2) is 10.2. The van der Waals surface area contributed by atoms with Gasteiger partial charge in [0.05, 0.1) is 6.54 Å². The molecule has 1 unspecified atom stereocenters. The van der Waals surface area contributed by atoms with Gasteiger partial charge >= 0.3 is 6.01 Å². The molecule has 188 valence electrons. The van der Waals surface area contributed by atoms with E-state index >= 15 is 4.39 Å². The summed E-state index contributed by atoms with van der Waals surface area (Å²) in [7, 11) is 0. The van der Waals surface area contributed by atoms with E-state index in [1.165, 1.54) is 0 Å². The maximum atomic E-state index is 15.2. The lowest BCUT2D eigenvalue weighted by Gasteiger charge is -2.34. The van der Waals surface area contributed by atoms with E-state index in [1.54, 1.807) is 6.08 Å². The van der Waals surface area contributed by atoms with Gasteiger partial charge in [-0.2, -0.15) is 9.97 Å². The molecule has 0 bridgehead atoms. The highest BCUT2D eigenvalue weighted by atomic mass is 19.1. The zero-order valence-corrected chi connectivity index (χ0v) is 20.7. The van der Waals surface area contributed by atoms with Crippen LogP contribution in [-0.4, -0.2) is 48.0 Å². The maximum Gasteiger partial charge on any atom is 0.326 e. The molecular weight excluding hydrogens is 462 g/mol. The van der Waals surface area contributed by atoms with E-state index in [1.807, 2.05) is 38.1 Å². The average molecular weight is 493 g/mol. The number of nitrogens with zero attached hydrogens (tertiary/aromatic N) is 4. The molecule has 0 radical (unpaired) electrons. The number of allylic oxidation sites excluding steroid dienone is 2. The van der Waals surface area contributed by atoms with Crippen molar-refractivity contribution in [2.24, 2.45) is 4.99 Å². The maximum absolute atomic E-state index is 15.2. The van der Waals surface area contributed by atoms with Gasteiger partial charge in [-0.1, -0.05) is 30.7 Å². The first kappa shape index (κ1) is 24.1. The summed E-state index contributed by atoms with van der Waals surface area (Å²) >= 11 is 0.